The summed E-state index contributed by atoms with van der Waals surface area (Å²) >= 11 is 0. The molecule has 1 heterocycles. The maximum Gasteiger partial charge on any atom is 0.131 e. The molecule has 0 aliphatic carbocycles. The van der Waals surface area contributed by atoms with Crippen LogP contribution in [-0.2, 0) is 6.42 Å². The van der Waals surface area contributed by atoms with E-state index in [0.717, 1.165) is 48.1 Å². The molecule has 0 spiro atoms. The molecule has 0 radical (unpaired) electrons. The van der Waals surface area contributed by atoms with Crippen molar-refractivity contribution >= 4 is 6.08 Å². The number of unbranched alkanes of at least 4 members (excludes halogenated alkanes) is 1. The Morgan fingerprint density at radius 3 is 2.40 bits per heavy atom. The Balaban J connectivity index is 1.68. The third-order valence-electron chi connectivity index (χ3n) is 5.02. The number of rotatable bonds is 9. The summed E-state index contributed by atoms with van der Waals surface area (Å²) in [5, 5.41) is 9.27. The number of aliphatic hydroxyl groups excluding tert-OH is 1. The average Bonchev–Trinajstić information content (AvgIpc) is 2.75. The van der Waals surface area contributed by atoms with E-state index in [2.05, 4.69) is 35.8 Å². The Morgan fingerprint density at radius 2 is 1.77 bits per heavy atom. The highest BCUT2D eigenvalue weighted by molar-refractivity contribution is 5.68. The van der Waals surface area contributed by atoms with E-state index >= 15 is 0 Å². The Hall–Kier alpha value is -3.04. The molecule has 0 bridgehead atoms. The number of allylic oxidation sites excluding steroid dienone is 2. The molecular formula is C27H28FNO. The van der Waals surface area contributed by atoms with Gasteiger partial charge >= 0.3 is 0 Å². The fourth-order valence-electron chi connectivity index (χ4n) is 3.30. The standard InChI is InChI=1S/C27H28FNO/c1-3-7-21-10-12-23(13-11-21)27-17-16-25(19-29-27)24-15-14-22(26(28)18-24)9-6-4-5-8-20(2)30/h3,6,9-20,30H,1,4-5,7-8H2,2H3. The monoisotopic (exact) mass is 401 g/mol. The van der Waals surface area contributed by atoms with Crippen molar-refractivity contribution in [2.75, 3.05) is 0 Å². The number of aliphatic hydroxyl groups is 1. The van der Waals surface area contributed by atoms with Gasteiger partial charge in [-0.2, -0.15) is 0 Å². The molecule has 0 aliphatic heterocycles. The van der Waals surface area contributed by atoms with Crippen molar-refractivity contribution in [2.24, 2.45) is 0 Å². The van der Waals surface area contributed by atoms with Gasteiger partial charge in [0.05, 0.1) is 11.8 Å². The van der Waals surface area contributed by atoms with Crippen LogP contribution in [0.5, 0.6) is 0 Å². The molecule has 3 rings (SSSR count). The van der Waals surface area contributed by atoms with Crippen LogP contribution in [0, 0.1) is 5.82 Å². The summed E-state index contributed by atoms with van der Waals surface area (Å²) in [5.41, 5.74) is 5.42. The summed E-state index contributed by atoms with van der Waals surface area (Å²) < 4.78 is 14.5. The van der Waals surface area contributed by atoms with Crippen LogP contribution in [0.1, 0.15) is 37.3 Å². The van der Waals surface area contributed by atoms with Crippen LogP contribution >= 0.6 is 0 Å². The zero-order valence-electron chi connectivity index (χ0n) is 17.4. The summed E-state index contributed by atoms with van der Waals surface area (Å²) in [5.74, 6) is -0.249. The first-order valence-electron chi connectivity index (χ1n) is 10.4. The number of hydrogen-bond donors (Lipinski definition) is 1. The molecule has 0 saturated carbocycles. The van der Waals surface area contributed by atoms with E-state index < -0.39 is 0 Å². The third kappa shape index (κ3) is 5.98. The zero-order valence-corrected chi connectivity index (χ0v) is 17.4. The van der Waals surface area contributed by atoms with Gasteiger partial charge in [-0.25, -0.2) is 4.39 Å². The van der Waals surface area contributed by atoms with Crippen molar-refractivity contribution in [3.8, 4) is 22.4 Å². The van der Waals surface area contributed by atoms with Crippen molar-refractivity contribution in [3.05, 3.63) is 96.5 Å². The normalized spacial score (nSPS) is 12.2. The van der Waals surface area contributed by atoms with Gasteiger partial charge in [0.15, 0.2) is 0 Å². The van der Waals surface area contributed by atoms with Gasteiger partial charge in [0.25, 0.3) is 0 Å². The maximum atomic E-state index is 14.5. The molecule has 0 amide bonds. The van der Waals surface area contributed by atoms with Gasteiger partial charge in [-0.1, -0.05) is 60.7 Å². The van der Waals surface area contributed by atoms with Crippen LogP contribution in [0.25, 0.3) is 28.5 Å². The van der Waals surface area contributed by atoms with Crippen LogP contribution in [0.2, 0.25) is 0 Å². The molecule has 1 atom stereocenters. The molecule has 0 fully saturated rings. The molecule has 0 saturated heterocycles. The molecule has 1 N–H and O–H groups in total. The van der Waals surface area contributed by atoms with E-state index in [1.54, 1.807) is 31.3 Å². The first-order valence-corrected chi connectivity index (χ1v) is 10.4. The predicted octanol–water partition coefficient (Wildman–Crippen LogP) is 6.85. The molecular weight excluding hydrogens is 373 g/mol. The number of aromatic nitrogens is 1. The highest BCUT2D eigenvalue weighted by Gasteiger charge is 2.05. The van der Waals surface area contributed by atoms with Gasteiger partial charge in [0.2, 0.25) is 0 Å². The van der Waals surface area contributed by atoms with Gasteiger partial charge < -0.3 is 5.11 Å². The minimum Gasteiger partial charge on any atom is -0.393 e. The van der Waals surface area contributed by atoms with Gasteiger partial charge in [0.1, 0.15) is 5.82 Å². The SMILES string of the molecule is C=CCc1ccc(-c2ccc(-c3ccc(C=CCCCC(C)O)c(F)c3)cn2)cc1. The molecule has 2 aromatic carbocycles. The molecule has 0 aliphatic rings. The second-order valence-electron chi connectivity index (χ2n) is 7.54. The Kier molecular flexibility index (Phi) is 7.69. The summed E-state index contributed by atoms with van der Waals surface area (Å²) in [7, 11) is 0. The van der Waals surface area contributed by atoms with E-state index in [0.29, 0.717) is 5.56 Å². The van der Waals surface area contributed by atoms with Crippen molar-refractivity contribution in [3.63, 3.8) is 0 Å². The molecule has 2 nitrogen and oxygen atoms in total. The number of nitrogens with zero attached hydrogens (tertiary/aromatic N) is 1. The van der Waals surface area contributed by atoms with Crippen molar-refractivity contribution in [1.29, 1.82) is 0 Å². The van der Waals surface area contributed by atoms with Crippen LogP contribution in [0.4, 0.5) is 4.39 Å². The largest absolute Gasteiger partial charge is 0.393 e. The summed E-state index contributed by atoms with van der Waals surface area (Å²) in [4.78, 5) is 4.56. The third-order valence-corrected chi connectivity index (χ3v) is 5.02. The molecule has 30 heavy (non-hydrogen) atoms. The first kappa shape index (κ1) is 21.7. The molecule has 3 aromatic rings. The minimum atomic E-state index is -0.286. The quantitative estimate of drug-likeness (QED) is 0.314. The Labute approximate surface area is 178 Å². The average molecular weight is 402 g/mol. The van der Waals surface area contributed by atoms with Gasteiger partial charge in [-0.3, -0.25) is 4.98 Å². The fourth-order valence-corrected chi connectivity index (χ4v) is 3.30. The highest BCUT2D eigenvalue weighted by Crippen LogP contribution is 2.25. The van der Waals surface area contributed by atoms with Crippen molar-refractivity contribution in [2.45, 2.75) is 38.7 Å². The molecule has 1 unspecified atom stereocenters. The number of hydrogen-bond acceptors (Lipinski definition) is 2. The van der Waals surface area contributed by atoms with Crippen LogP contribution in [-0.4, -0.2) is 16.2 Å². The lowest BCUT2D eigenvalue weighted by Gasteiger charge is -2.06. The van der Waals surface area contributed by atoms with E-state index in [4.69, 9.17) is 0 Å². The molecule has 3 heteroatoms. The predicted molar refractivity (Wildman–Crippen MR) is 124 cm³/mol. The maximum absolute atomic E-state index is 14.5. The van der Waals surface area contributed by atoms with Crippen molar-refractivity contribution in [1.82, 2.24) is 4.98 Å². The van der Waals surface area contributed by atoms with E-state index in [9.17, 15) is 9.50 Å². The smallest absolute Gasteiger partial charge is 0.131 e. The van der Waals surface area contributed by atoms with Crippen LogP contribution in [0.3, 0.4) is 0 Å². The van der Waals surface area contributed by atoms with Crippen LogP contribution in [0.15, 0.2) is 79.5 Å². The van der Waals surface area contributed by atoms with Gasteiger partial charge in [-0.05, 0) is 55.9 Å². The van der Waals surface area contributed by atoms with Gasteiger partial charge in [0, 0.05) is 22.9 Å². The minimum absolute atomic E-state index is 0.249. The topological polar surface area (TPSA) is 33.1 Å². The number of pyridine rings is 1. The molecule has 154 valence electrons. The summed E-state index contributed by atoms with van der Waals surface area (Å²) in [6.45, 7) is 5.54. The lowest BCUT2D eigenvalue weighted by atomic mass is 10.0. The Bertz CT molecular complexity index is 988. The summed E-state index contributed by atoms with van der Waals surface area (Å²) in [6, 6.07) is 17.5. The second kappa shape index (κ2) is 10.7. The fraction of sp³-hybridized carbons (Fsp3) is 0.222. The zero-order chi connectivity index (χ0) is 21.3. The number of halogens is 1. The van der Waals surface area contributed by atoms with E-state index in [1.807, 2.05) is 30.4 Å². The first-order chi connectivity index (χ1) is 14.6. The summed E-state index contributed by atoms with van der Waals surface area (Å²) in [6.07, 6.45) is 10.5. The lowest BCUT2D eigenvalue weighted by Crippen LogP contribution is -1.97. The van der Waals surface area contributed by atoms with E-state index in [1.165, 1.54) is 5.56 Å². The van der Waals surface area contributed by atoms with E-state index in [-0.39, 0.29) is 11.9 Å². The second-order valence-corrected chi connectivity index (χ2v) is 7.54. The molecule has 1 aromatic heterocycles. The highest BCUT2D eigenvalue weighted by atomic mass is 19.1. The number of benzene rings is 2. The lowest BCUT2D eigenvalue weighted by molar-refractivity contribution is 0.182. The van der Waals surface area contributed by atoms with Gasteiger partial charge in [-0.15, -0.1) is 6.58 Å². The van der Waals surface area contributed by atoms with Crippen molar-refractivity contribution < 1.29 is 9.50 Å². The Morgan fingerprint density at radius 1 is 1.03 bits per heavy atom. The van der Waals surface area contributed by atoms with Crippen LogP contribution < -0.4 is 0 Å².